The Balaban J connectivity index is 1.83. The lowest BCUT2D eigenvalue weighted by Gasteiger charge is -2.23. The van der Waals surface area contributed by atoms with Crippen LogP contribution in [0.15, 0.2) is 36.5 Å². The highest BCUT2D eigenvalue weighted by molar-refractivity contribution is 5.79. The third-order valence-electron chi connectivity index (χ3n) is 4.15. The summed E-state index contributed by atoms with van der Waals surface area (Å²) in [4.78, 5) is 22.1. The van der Waals surface area contributed by atoms with Crippen LogP contribution in [0.4, 0.5) is 0 Å². The molecule has 116 valence electrons. The van der Waals surface area contributed by atoms with Crippen LogP contribution in [0.1, 0.15) is 25.2 Å². The molecule has 0 spiro atoms. The number of nitrogens with one attached hydrogen (secondary N) is 2. The lowest BCUT2D eigenvalue weighted by molar-refractivity contribution is -0.131. The zero-order valence-electron chi connectivity index (χ0n) is 13.0. The normalized spacial score (nSPS) is 21.3. The minimum absolute atomic E-state index is 0.0494. The lowest BCUT2D eigenvalue weighted by Crippen LogP contribution is -2.37. The Morgan fingerprint density at radius 1 is 1.41 bits per heavy atom. The second-order valence-corrected chi connectivity index (χ2v) is 5.98. The zero-order valence-corrected chi connectivity index (χ0v) is 13.0. The first kappa shape index (κ1) is 14.8. The number of aromatic nitrogens is 2. The van der Waals surface area contributed by atoms with Crippen LogP contribution in [0, 0.1) is 5.92 Å². The second kappa shape index (κ2) is 6.32. The first-order valence-corrected chi connectivity index (χ1v) is 7.73. The maximum Gasteiger partial charge on any atom is 0.237 e. The number of hydrogen-bond donors (Lipinski definition) is 2. The summed E-state index contributed by atoms with van der Waals surface area (Å²) < 4.78 is 0. The van der Waals surface area contributed by atoms with Gasteiger partial charge < -0.3 is 15.2 Å². The van der Waals surface area contributed by atoms with Crippen LogP contribution in [-0.2, 0) is 4.79 Å². The number of benzene rings is 1. The predicted molar refractivity (Wildman–Crippen MR) is 86.2 cm³/mol. The van der Waals surface area contributed by atoms with E-state index in [9.17, 15) is 4.79 Å². The highest BCUT2D eigenvalue weighted by Gasteiger charge is 2.35. The van der Waals surface area contributed by atoms with E-state index in [1.54, 1.807) is 7.05 Å². The van der Waals surface area contributed by atoms with E-state index in [0.717, 1.165) is 30.0 Å². The van der Waals surface area contributed by atoms with Crippen molar-refractivity contribution >= 4 is 5.91 Å². The molecular formula is C17H22N4O. The minimum atomic E-state index is 0.0494. The molecule has 0 bridgehead atoms. The van der Waals surface area contributed by atoms with Gasteiger partial charge in [-0.25, -0.2) is 4.98 Å². The van der Waals surface area contributed by atoms with E-state index in [1.807, 2.05) is 29.3 Å². The molecule has 0 radical (unpaired) electrons. The van der Waals surface area contributed by atoms with Gasteiger partial charge in [-0.3, -0.25) is 4.79 Å². The Morgan fingerprint density at radius 3 is 2.91 bits per heavy atom. The molecule has 2 unspecified atom stereocenters. The van der Waals surface area contributed by atoms with Gasteiger partial charge in [0.2, 0.25) is 5.91 Å². The molecule has 1 aliphatic rings. The van der Waals surface area contributed by atoms with E-state index in [4.69, 9.17) is 0 Å². The Morgan fingerprint density at radius 2 is 2.18 bits per heavy atom. The van der Waals surface area contributed by atoms with Gasteiger partial charge in [0.25, 0.3) is 0 Å². The molecule has 1 aromatic heterocycles. The molecule has 2 N–H and O–H groups in total. The molecular weight excluding hydrogens is 276 g/mol. The number of aromatic amines is 1. The second-order valence-electron chi connectivity index (χ2n) is 5.98. The fraction of sp³-hybridized carbons (Fsp3) is 0.412. The van der Waals surface area contributed by atoms with Gasteiger partial charge in [0, 0.05) is 6.54 Å². The largest absolute Gasteiger partial charge is 0.340 e. The maximum atomic E-state index is 12.3. The van der Waals surface area contributed by atoms with Crippen LogP contribution in [0.3, 0.4) is 0 Å². The van der Waals surface area contributed by atoms with Crippen molar-refractivity contribution in [2.75, 3.05) is 20.1 Å². The van der Waals surface area contributed by atoms with Gasteiger partial charge in [-0.15, -0.1) is 0 Å². The molecule has 2 heterocycles. The number of likely N-dealkylation sites (N-methyl/N-ethyl adjacent to an activating group) is 1. The summed E-state index contributed by atoms with van der Waals surface area (Å²) >= 11 is 0. The zero-order chi connectivity index (χ0) is 15.5. The number of likely N-dealkylation sites (tertiary alicyclic amines) is 1. The first-order chi connectivity index (χ1) is 10.7. The number of carbonyl (C=O) groups is 1. The Kier molecular flexibility index (Phi) is 4.24. The molecule has 0 saturated carbocycles. The van der Waals surface area contributed by atoms with Crippen LogP contribution in [0.25, 0.3) is 11.3 Å². The van der Waals surface area contributed by atoms with Crippen molar-refractivity contribution in [1.82, 2.24) is 20.2 Å². The molecule has 2 atom stereocenters. The van der Waals surface area contributed by atoms with Crippen LogP contribution in [0.5, 0.6) is 0 Å². The molecule has 22 heavy (non-hydrogen) atoms. The number of carbonyl (C=O) groups excluding carboxylic acids is 1. The van der Waals surface area contributed by atoms with E-state index in [1.165, 1.54) is 0 Å². The molecule has 1 amide bonds. The van der Waals surface area contributed by atoms with Crippen LogP contribution < -0.4 is 5.32 Å². The Bertz CT molecular complexity index is 637. The SMILES string of the molecule is CNCC(=O)N1CC(C)CC1c1ncc(-c2ccccc2)[nH]1. The predicted octanol–water partition coefficient (Wildman–Crippen LogP) is 2.21. The maximum absolute atomic E-state index is 12.3. The van der Waals surface area contributed by atoms with Crippen LogP contribution in [0.2, 0.25) is 0 Å². The molecule has 0 aliphatic carbocycles. The number of amides is 1. The van der Waals surface area contributed by atoms with Crippen molar-refractivity contribution < 1.29 is 4.79 Å². The Hall–Kier alpha value is -2.14. The molecule has 5 nitrogen and oxygen atoms in total. The van der Waals surface area contributed by atoms with E-state index in [-0.39, 0.29) is 11.9 Å². The molecule has 1 saturated heterocycles. The highest BCUT2D eigenvalue weighted by atomic mass is 16.2. The van der Waals surface area contributed by atoms with Crippen molar-refractivity contribution in [3.63, 3.8) is 0 Å². The number of hydrogen-bond acceptors (Lipinski definition) is 3. The van der Waals surface area contributed by atoms with Gasteiger partial charge in [-0.1, -0.05) is 37.3 Å². The summed E-state index contributed by atoms with van der Waals surface area (Å²) in [5.74, 6) is 1.51. The third kappa shape index (κ3) is 2.90. The topological polar surface area (TPSA) is 61.0 Å². The van der Waals surface area contributed by atoms with Gasteiger partial charge in [-0.05, 0) is 24.9 Å². The summed E-state index contributed by atoms with van der Waals surface area (Å²) in [6.45, 7) is 3.35. The van der Waals surface area contributed by atoms with Crippen molar-refractivity contribution in [1.29, 1.82) is 0 Å². The molecule has 2 aromatic rings. The van der Waals surface area contributed by atoms with Gasteiger partial charge in [0.15, 0.2) is 0 Å². The highest BCUT2D eigenvalue weighted by Crippen LogP contribution is 2.34. The average molecular weight is 298 g/mol. The molecule has 1 fully saturated rings. The monoisotopic (exact) mass is 298 g/mol. The summed E-state index contributed by atoms with van der Waals surface area (Å²) in [6.07, 6.45) is 2.81. The van der Waals surface area contributed by atoms with Crippen LogP contribution in [-0.4, -0.2) is 40.9 Å². The lowest BCUT2D eigenvalue weighted by atomic mass is 10.1. The van der Waals surface area contributed by atoms with E-state index in [2.05, 4.69) is 34.3 Å². The quantitative estimate of drug-likeness (QED) is 0.909. The van der Waals surface area contributed by atoms with E-state index < -0.39 is 0 Å². The number of rotatable bonds is 4. The van der Waals surface area contributed by atoms with Gasteiger partial charge >= 0.3 is 0 Å². The van der Waals surface area contributed by atoms with E-state index in [0.29, 0.717) is 12.5 Å². The summed E-state index contributed by atoms with van der Waals surface area (Å²) in [5.41, 5.74) is 2.11. The summed E-state index contributed by atoms with van der Waals surface area (Å²) in [5, 5.41) is 2.94. The van der Waals surface area contributed by atoms with Crippen LogP contribution >= 0.6 is 0 Å². The van der Waals surface area contributed by atoms with Gasteiger partial charge in [0.1, 0.15) is 5.82 Å². The van der Waals surface area contributed by atoms with Crippen molar-refractivity contribution in [2.24, 2.45) is 5.92 Å². The fourth-order valence-electron chi connectivity index (χ4n) is 3.10. The fourth-order valence-corrected chi connectivity index (χ4v) is 3.10. The molecule has 3 rings (SSSR count). The summed E-state index contributed by atoms with van der Waals surface area (Å²) in [6, 6.07) is 10.2. The molecule has 5 heteroatoms. The Labute approximate surface area is 130 Å². The van der Waals surface area contributed by atoms with Crippen molar-refractivity contribution in [3.8, 4) is 11.3 Å². The first-order valence-electron chi connectivity index (χ1n) is 7.73. The number of imidazole rings is 1. The average Bonchev–Trinajstić information content (AvgIpc) is 3.15. The molecule has 1 aromatic carbocycles. The van der Waals surface area contributed by atoms with Crippen molar-refractivity contribution in [3.05, 3.63) is 42.4 Å². The smallest absolute Gasteiger partial charge is 0.237 e. The summed E-state index contributed by atoms with van der Waals surface area (Å²) in [7, 11) is 1.80. The van der Waals surface area contributed by atoms with Gasteiger partial charge in [-0.2, -0.15) is 0 Å². The van der Waals surface area contributed by atoms with Crippen molar-refractivity contribution in [2.45, 2.75) is 19.4 Å². The standard InChI is InChI=1S/C17H22N4O/c1-12-8-15(21(11-12)16(22)10-18-2)17-19-9-14(20-17)13-6-4-3-5-7-13/h3-7,9,12,15,18H,8,10-11H2,1-2H3,(H,19,20). The molecule has 1 aliphatic heterocycles. The number of nitrogens with zero attached hydrogens (tertiary/aromatic N) is 2. The number of H-pyrrole nitrogens is 1. The van der Waals surface area contributed by atoms with E-state index >= 15 is 0 Å². The third-order valence-corrected chi connectivity index (χ3v) is 4.15. The van der Waals surface area contributed by atoms with Gasteiger partial charge in [0.05, 0.1) is 24.5 Å². The minimum Gasteiger partial charge on any atom is -0.340 e.